The molecule has 2 aliphatic rings. The molecule has 2 fully saturated rings. The molecule has 6 heteroatoms. The minimum absolute atomic E-state index is 0.128. The number of halogens is 1. The normalized spacial score (nSPS) is 22.3. The van der Waals surface area contributed by atoms with Crippen LogP contribution in [-0.2, 0) is 4.79 Å². The van der Waals surface area contributed by atoms with Gasteiger partial charge in [-0.15, -0.1) is 0 Å². The predicted molar refractivity (Wildman–Crippen MR) is 121 cm³/mol. The highest BCUT2D eigenvalue weighted by Gasteiger charge is 2.29. The van der Waals surface area contributed by atoms with E-state index in [0.29, 0.717) is 13.1 Å². The number of alkyl halides is 1. The van der Waals surface area contributed by atoms with Gasteiger partial charge >= 0.3 is 0 Å². The van der Waals surface area contributed by atoms with Crippen LogP contribution in [0.2, 0.25) is 0 Å². The standard InChI is InChI=1S/C24H29FN4O/c1-3-21-18-7-4-8-22(28-23-11-13-29(2)15-20(23)25)19(18)14-17(27-21)6-5-12-26-24(30)16-9-10-16/h3-8,14,16,20,23,28H,1,9-13,15H2,2H3,(H,26,30)/b6-5+/t20-,23+/m0/s1. The number of nitrogens with one attached hydrogen (secondary N) is 2. The first-order chi connectivity index (χ1) is 14.5. The molecule has 1 amide bonds. The fourth-order valence-corrected chi connectivity index (χ4v) is 3.94. The molecule has 1 saturated carbocycles. The molecular weight excluding hydrogens is 379 g/mol. The SMILES string of the molecule is C=Cc1nc(/C=C/CNC(=O)C2CC2)cc2c(N[C@@H]3CCN(C)C[C@@H]3F)cccc12. The van der Waals surface area contributed by atoms with Gasteiger partial charge in [0, 0.05) is 42.0 Å². The Morgan fingerprint density at radius 2 is 2.17 bits per heavy atom. The molecule has 158 valence electrons. The van der Waals surface area contributed by atoms with Crippen molar-refractivity contribution in [3.63, 3.8) is 0 Å². The maximum atomic E-state index is 14.6. The Hall–Kier alpha value is -2.73. The van der Waals surface area contributed by atoms with E-state index in [1.165, 1.54) is 0 Å². The van der Waals surface area contributed by atoms with Crippen molar-refractivity contribution in [1.29, 1.82) is 0 Å². The first-order valence-electron chi connectivity index (χ1n) is 10.6. The molecule has 30 heavy (non-hydrogen) atoms. The number of anilines is 1. The first-order valence-corrected chi connectivity index (χ1v) is 10.6. The van der Waals surface area contributed by atoms with Crippen molar-refractivity contribution in [1.82, 2.24) is 15.2 Å². The molecular formula is C24H29FN4O. The Balaban J connectivity index is 1.56. The topological polar surface area (TPSA) is 57.3 Å². The van der Waals surface area contributed by atoms with Gasteiger partial charge in [-0.05, 0) is 50.6 Å². The van der Waals surface area contributed by atoms with Crippen LogP contribution in [0, 0.1) is 5.92 Å². The zero-order valence-electron chi connectivity index (χ0n) is 17.4. The number of piperidine rings is 1. The van der Waals surface area contributed by atoms with Crippen LogP contribution in [0.1, 0.15) is 30.7 Å². The minimum atomic E-state index is -0.908. The van der Waals surface area contributed by atoms with Crippen molar-refractivity contribution < 1.29 is 9.18 Å². The van der Waals surface area contributed by atoms with Gasteiger partial charge in [-0.3, -0.25) is 4.79 Å². The van der Waals surface area contributed by atoms with Gasteiger partial charge in [0.15, 0.2) is 0 Å². The van der Waals surface area contributed by atoms with Gasteiger partial charge in [0.05, 0.1) is 17.4 Å². The van der Waals surface area contributed by atoms with Crippen molar-refractivity contribution in [2.45, 2.75) is 31.5 Å². The highest BCUT2D eigenvalue weighted by molar-refractivity contribution is 5.98. The second-order valence-corrected chi connectivity index (χ2v) is 8.28. The van der Waals surface area contributed by atoms with Crippen LogP contribution in [0.5, 0.6) is 0 Å². The van der Waals surface area contributed by atoms with Crippen LogP contribution in [0.25, 0.3) is 22.9 Å². The number of hydrogen-bond acceptors (Lipinski definition) is 4. The zero-order valence-corrected chi connectivity index (χ0v) is 17.4. The smallest absolute Gasteiger partial charge is 0.223 e. The third-order valence-electron chi connectivity index (χ3n) is 5.83. The lowest BCUT2D eigenvalue weighted by atomic mass is 10.0. The Kier molecular flexibility index (Phi) is 6.13. The van der Waals surface area contributed by atoms with Crippen LogP contribution in [0.15, 0.2) is 36.9 Å². The number of likely N-dealkylation sites (tertiary alicyclic amines) is 1. The van der Waals surface area contributed by atoms with E-state index in [1.54, 1.807) is 6.08 Å². The second-order valence-electron chi connectivity index (χ2n) is 8.28. The predicted octanol–water partition coefficient (Wildman–Crippen LogP) is 3.87. The van der Waals surface area contributed by atoms with Crippen LogP contribution in [0.3, 0.4) is 0 Å². The van der Waals surface area contributed by atoms with Gasteiger partial charge in [0.2, 0.25) is 5.91 Å². The summed E-state index contributed by atoms with van der Waals surface area (Å²) in [5.74, 6) is 0.334. The number of pyridine rings is 1. The molecule has 0 unspecified atom stereocenters. The summed E-state index contributed by atoms with van der Waals surface area (Å²) in [4.78, 5) is 18.5. The average Bonchev–Trinajstić information content (AvgIpc) is 3.58. The van der Waals surface area contributed by atoms with Crippen LogP contribution in [-0.4, -0.2) is 54.7 Å². The van der Waals surface area contributed by atoms with Crippen LogP contribution >= 0.6 is 0 Å². The maximum absolute atomic E-state index is 14.6. The molecule has 4 rings (SSSR count). The van der Waals surface area contributed by atoms with Gasteiger partial charge < -0.3 is 15.5 Å². The zero-order chi connectivity index (χ0) is 21.1. The number of carbonyl (C=O) groups is 1. The van der Waals surface area contributed by atoms with Gasteiger partial charge in [-0.2, -0.15) is 0 Å². The molecule has 0 spiro atoms. The summed E-state index contributed by atoms with van der Waals surface area (Å²) < 4.78 is 14.6. The molecule has 1 saturated heterocycles. The largest absolute Gasteiger partial charge is 0.379 e. The molecule has 0 radical (unpaired) electrons. The quantitative estimate of drug-likeness (QED) is 0.730. The molecule has 1 aliphatic heterocycles. The van der Waals surface area contributed by atoms with Crippen molar-refractivity contribution in [2.75, 3.05) is 32.0 Å². The van der Waals surface area contributed by atoms with E-state index in [4.69, 9.17) is 0 Å². The molecule has 2 atom stereocenters. The Morgan fingerprint density at radius 3 is 2.90 bits per heavy atom. The fraction of sp³-hybridized carbons (Fsp3) is 0.417. The van der Waals surface area contributed by atoms with Crippen molar-refractivity contribution >= 4 is 34.5 Å². The first kappa shape index (κ1) is 20.5. The summed E-state index contributed by atoms with van der Waals surface area (Å²) >= 11 is 0. The Bertz CT molecular complexity index is 969. The van der Waals surface area contributed by atoms with Crippen LogP contribution in [0.4, 0.5) is 10.1 Å². The number of amides is 1. The van der Waals surface area contributed by atoms with E-state index in [0.717, 1.165) is 53.7 Å². The summed E-state index contributed by atoms with van der Waals surface area (Å²) in [5.41, 5.74) is 2.48. The Morgan fingerprint density at radius 1 is 1.33 bits per heavy atom. The monoisotopic (exact) mass is 408 g/mol. The van der Waals surface area contributed by atoms with Crippen molar-refractivity contribution in [3.8, 4) is 0 Å². The second kappa shape index (κ2) is 8.96. The van der Waals surface area contributed by atoms with E-state index in [1.807, 2.05) is 48.4 Å². The lowest BCUT2D eigenvalue weighted by Crippen LogP contribution is -2.46. The van der Waals surface area contributed by atoms with E-state index < -0.39 is 6.17 Å². The minimum Gasteiger partial charge on any atom is -0.379 e. The molecule has 2 heterocycles. The van der Waals surface area contributed by atoms with Crippen molar-refractivity contribution in [2.24, 2.45) is 5.92 Å². The van der Waals surface area contributed by atoms with Gasteiger partial charge in [0.1, 0.15) is 6.17 Å². The van der Waals surface area contributed by atoms with Crippen molar-refractivity contribution in [3.05, 3.63) is 48.3 Å². The number of aromatic nitrogens is 1. The summed E-state index contributed by atoms with van der Waals surface area (Å²) in [6, 6.07) is 7.76. The summed E-state index contributed by atoms with van der Waals surface area (Å²) in [7, 11) is 1.95. The molecule has 1 aliphatic carbocycles. The fourth-order valence-electron chi connectivity index (χ4n) is 3.94. The summed E-state index contributed by atoms with van der Waals surface area (Å²) in [6.07, 6.45) is 7.41. The highest BCUT2D eigenvalue weighted by atomic mass is 19.1. The van der Waals surface area contributed by atoms with E-state index >= 15 is 0 Å². The number of benzene rings is 1. The average molecular weight is 409 g/mol. The molecule has 2 aromatic rings. The maximum Gasteiger partial charge on any atom is 0.223 e. The summed E-state index contributed by atoms with van der Waals surface area (Å²) in [5, 5.41) is 8.33. The van der Waals surface area contributed by atoms with E-state index in [9.17, 15) is 9.18 Å². The van der Waals surface area contributed by atoms with E-state index in [-0.39, 0.29) is 17.9 Å². The van der Waals surface area contributed by atoms with Gasteiger partial charge in [-0.1, -0.05) is 24.8 Å². The number of nitrogens with zero attached hydrogens (tertiary/aromatic N) is 2. The number of carbonyl (C=O) groups excluding carboxylic acids is 1. The number of fused-ring (bicyclic) bond motifs is 1. The van der Waals surface area contributed by atoms with Gasteiger partial charge in [0.25, 0.3) is 0 Å². The molecule has 1 aromatic heterocycles. The molecule has 2 N–H and O–H groups in total. The number of rotatable bonds is 7. The summed E-state index contributed by atoms with van der Waals surface area (Å²) in [6.45, 7) is 5.71. The molecule has 5 nitrogen and oxygen atoms in total. The molecule has 1 aromatic carbocycles. The number of hydrogen-bond donors (Lipinski definition) is 2. The highest BCUT2D eigenvalue weighted by Crippen LogP contribution is 2.30. The Labute approximate surface area is 177 Å². The lowest BCUT2D eigenvalue weighted by molar-refractivity contribution is -0.122. The van der Waals surface area contributed by atoms with E-state index in [2.05, 4.69) is 22.2 Å². The lowest BCUT2D eigenvalue weighted by Gasteiger charge is -2.33. The third kappa shape index (κ3) is 4.70. The van der Waals surface area contributed by atoms with Crippen LogP contribution < -0.4 is 10.6 Å². The third-order valence-corrected chi connectivity index (χ3v) is 5.83. The molecule has 0 bridgehead atoms. The van der Waals surface area contributed by atoms with Gasteiger partial charge in [-0.25, -0.2) is 9.37 Å².